The van der Waals surface area contributed by atoms with Gasteiger partial charge in [0.05, 0.1) is 13.7 Å². The van der Waals surface area contributed by atoms with Crippen molar-refractivity contribution in [2.45, 2.75) is 5.54 Å². The Labute approximate surface area is 82.3 Å². The molecule has 1 rings (SSSR count). The van der Waals surface area contributed by atoms with Gasteiger partial charge < -0.3 is 15.6 Å². The number of nitrogens with two attached hydrogens (primary N) is 1. The van der Waals surface area contributed by atoms with Crippen molar-refractivity contribution in [1.29, 1.82) is 0 Å². The summed E-state index contributed by atoms with van der Waals surface area (Å²) in [6.45, 7) is -0.482. The second-order valence-corrected chi connectivity index (χ2v) is 2.99. The summed E-state index contributed by atoms with van der Waals surface area (Å²) in [6, 6.07) is 8.64. The van der Waals surface area contributed by atoms with Crippen LogP contribution in [0.25, 0.3) is 0 Å². The lowest BCUT2D eigenvalue weighted by atomic mass is 9.92. The molecule has 0 aliphatic carbocycles. The average molecular weight is 195 g/mol. The van der Waals surface area contributed by atoms with Gasteiger partial charge in [0.1, 0.15) is 0 Å². The fraction of sp³-hybridized carbons (Fsp3) is 0.300. The number of esters is 1. The van der Waals surface area contributed by atoms with Gasteiger partial charge in [0.2, 0.25) is 0 Å². The molecule has 0 fully saturated rings. The third-order valence-electron chi connectivity index (χ3n) is 2.09. The Morgan fingerprint density at radius 1 is 1.50 bits per heavy atom. The Morgan fingerprint density at radius 2 is 2.07 bits per heavy atom. The number of hydrogen-bond donors (Lipinski definition) is 2. The van der Waals surface area contributed by atoms with Gasteiger partial charge in [0.15, 0.2) is 5.54 Å². The second kappa shape index (κ2) is 4.21. The highest BCUT2D eigenvalue weighted by molar-refractivity contribution is 5.82. The van der Waals surface area contributed by atoms with Gasteiger partial charge in [0, 0.05) is 0 Å². The molecule has 0 amide bonds. The van der Waals surface area contributed by atoms with Crippen LogP contribution in [0.15, 0.2) is 30.3 Å². The Kier molecular flexibility index (Phi) is 3.22. The van der Waals surface area contributed by atoms with E-state index in [9.17, 15) is 4.79 Å². The van der Waals surface area contributed by atoms with Crippen molar-refractivity contribution in [3.63, 3.8) is 0 Å². The molecular formula is C10H13NO3. The summed E-state index contributed by atoms with van der Waals surface area (Å²) in [5, 5.41) is 9.11. The van der Waals surface area contributed by atoms with Crippen molar-refractivity contribution >= 4 is 5.97 Å². The van der Waals surface area contributed by atoms with E-state index >= 15 is 0 Å². The molecular weight excluding hydrogens is 182 g/mol. The zero-order valence-electron chi connectivity index (χ0n) is 7.93. The number of ether oxygens (including phenoxy) is 1. The fourth-order valence-corrected chi connectivity index (χ4v) is 1.19. The lowest BCUT2D eigenvalue weighted by Gasteiger charge is -2.24. The minimum Gasteiger partial charge on any atom is -0.467 e. The van der Waals surface area contributed by atoms with Crippen LogP contribution in [0.4, 0.5) is 0 Å². The van der Waals surface area contributed by atoms with Crippen LogP contribution in [0.2, 0.25) is 0 Å². The maximum atomic E-state index is 11.4. The van der Waals surface area contributed by atoms with Crippen molar-refractivity contribution in [1.82, 2.24) is 0 Å². The van der Waals surface area contributed by atoms with Crippen LogP contribution in [-0.4, -0.2) is 24.8 Å². The molecule has 0 saturated heterocycles. The lowest BCUT2D eigenvalue weighted by Crippen LogP contribution is -2.48. The topological polar surface area (TPSA) is 72.5 Å². The number of carbonyl (C=O) groups excluding carboxylic acids is 1. The molecule has 0 radical (unpaired) electrons. The molecule has 4 heteroatoms. The van der Waals surface area contributed by atoms with E-state index < -0.39 is 18.1 Å². The van der Waals surface area contributed by atoms with Crippen LogP contribution in [0.3, 0.4) is 0 Å². The van der Waals surface area contributed by atoms with Crippen molar-refractivity contribution in [2.24, 2.45) is 5.73 Å². The van der Waals surface area contributed by atoms with Crippen LogP contribution >= 0.6 is 0 Å². The SMILES string of the molecule is COC(=O)C(N)(CO)c1ccccc1. The molecule has 76 valence electrons. The minimum atomic E-state index is -1.46. The molecule has 3 N–H and O–H groups in total. The summed E-state index contributed by atoms with van der Waals surface area (Å²) in [6.07, 6.45) is 0. The zero-order chi connectivity index (χ0) is 10.6. The molecule has 0 saturated carbocycles. The second-order valence-electron chi connectivity index (χ2n) is 2.99. The first-order chi connectivity index (χ1) is 6.65. The highest BCUT2D eigenvalue weighted by Crippen LogP contribution is 2.18. The normalized spacial score (nSPS) is 14.5. The molecule has 0 heterocycles. The Balaban J connectivity index is 3.08. The fourth-order valence-electron chi connectivity index (χ4n) is 1.19. The molecule has 14 heavy (non-hydrogen) atoms. The van der Waals surface area contributed by atoms with Crippen molar-refractivity contribution in [3.05, 3.63) is 35.9 Å². The van der Waals surface area contributed by atoms with Gasteiger partial charge in [-0.1, -0.05) is 30.3 Å². The van der Waals surface area contributed by atoms with Gasteiger partial charge in [-0.3, -0.25) is 0 Å². The third-order valence-corrected chi connectivity index (χ3v) is 2.09. The summed E-state index contributed by atoms with van der Waals surface area (Å²) in [7, 11) is 1.24. The van der Waals surface area contributed by atoms with Crippen LogP contribution < -0.4 is 5.73 Å². The van der Waals surface area contributed by atoms with Gasteiger partial charge in [-0.05, 0) is 5.56 Å². The number of aliphatic hydroxyl groups is 1. The molecule has 1 atom stereocenters. The van der Waals surface area contributed by atoms with Crippen LogP contribution in [0.5, 0.6) is 0 Å². The zero-order valence-corrected chi connectivity index (χ0v) is 7.93. The molecule has 0 spiro atoms. The predicted molar refractivity (Wildman–Crippen MR) is 51.4 cm³/mol. The quantitative estimate of drug-likeness (QED) is 0.666. The van der Waals surface area contributed by atoms with Gasteiger partial charge in [0.25, 0.3) is 0 Å². The van der Waals surface area contributed by atoms with E-state index in [2.05, 4.69) is 4.74 Å². The van der Waals surface area contributed by atoms with Crippen LogP contribution in [-0.2, 0) is 15.1 Å². The predicted octanol–water partition coefficient (Wildman–Crippen LogP) is 0.00590. The van der Waals surface area contributed by atoms with Gasteiger partial charge in [-0.15, -0.1) is 0 Å². The van der Waals surface area contributed by atoms with E-state index in [1.165, 1.54) is 7.11 Å². The van der Waals surface area contributed by atoms with E-state index in [4.69, 9.17) is 10.8 Å². The van der Waals surface area contributed by atoms with E-state index in [0.29, 0.717) is 5.56 Å². The number of methoxy groups -OCH3 is 1. The number of benzene rings is 1. The first kappa shape index (κ1) is 10.7. The highest BCUT2D eigenvalue weighted by Gasteiger charge is 2.36. The van der Waals surface area contributed by atoms with Gasteiger partial charge in [-0.2, -0.15) is 0 Å². The lowest BCUT2D eigenvalue weighted by molar-refractivity contribution is -0.149. The molecule has 0 aliphatic rings. The first-order valence-corrected chi connectivity index (χ1v) is 4.19. The van der Waals surface area contributed by atoms with Crippen LogP contribution in [0.1, 0.15) is 5.56 Å². The first-order valence-electron chi connectivity index (χ1n) is 4.19. The molecule has 0 aromatic heterocycles. The third kappa shape index (κ3) is 1.76. The number of carbonyl (C=O) groups is 1. The monoisotopic (exact) mass is 195 g/mol. The molecule has 1 unspecified atom stereocenters. The summed E-state index contributed by atoms with van der Waals surface area (Å²) in [5.74, 6) is -0.647. The van der Waals surface area contributed by atoms with Crippen LogP contribution in [0, 0.1) is 0 Å². The standard InChI is InChI=1S/C10H13NO3/c1-14-9(13)10(11,7-12)8-5-3-2-4-6-8/h2-6,12H,7,11H2,1H3. The minimum absolute atomic E-state index is 0.482. The highest BCUT2D eigenvalue weighted by atomic mass is 16.5. The van der Waals surface area contributed by atoms with Gasteiger partial charge in [-0.25, -0.2) is 4.79 Å². The number of aliphatic hydroxyl groups excluding tert-OH is 1. The Morgan fingerprint density at radius 3 is 2.50 bits per heavy atom. The smallest absolute Gasteiger partial charge is 0.332 e. The molecule has 4 nitrogen and oxygen atoms in total. The van der Waals surface area contributed by atoms with E-state index in [1.54, 1.807) is 30.3 Å². The maximum Gasteiger partial charge on any atom is 0.332 e. The molecule has 0 aliphatic heterocycles. The number of hydrogen-bond acceptors (Lipinski definition) is 4. The van der Waals surface area contributed by atoms with Crippen molar-refractivity contribution < 1.29 is 14.6 Å². The molecule has 1 aromatic rings. The van der Waals surface area contributed by atoms with Crippen molar-refractivity contribution in [2.75, 3.05) is 13.7 Å². The summed E-state index contributed by atoms with van der Waals surface area (Å²) >= 11 is 0. The number of rotatable bonds is 3. The van der Waals surface area contributed by atoms with Gasteiger partial charge >= 0.3 is 5.97 Å². The Bertz CT molecular complexity index is 312. The van der Waals surface area contributed by atoms with Crippen molar-refractivity contribution in [3.8, 4) is 0 Å². The Hall–Kier alpha value is -1.39. The largest absolute Gasteiger partial charge is 0.467 e. The van der Waals surface area contributed by atoms with E-state index in [0.717, 1.165) is 0 Å². The summed E-state index contributed by atoms with van der Waals surface area (Å²) in [5.41, 5.74) is 4.82. The average Bonchev–Trinajstić information content (AvgIpc) is 2.28. The summed E-state index contributed by atoms with van der Waals surface area (Å²) < 4.78 is 4.54. The maximum absolute atomic E-state index is 11.4. The van der Waals surface area contributed by atoms with E-state index in [1.807, 2.05) is 0 Å². The molecule has 1 aromatic carbocycles. The molecule has 0 bridgehead atoms. The summed E-state index contributed by atoms with van der Waals surface area (Å²) in [4.78, 5) is 11.4. The van der Waals surface area contributed by atoms with E-state index in [-0.39, 0.29) is 0 Å².